The number of amides is 2. The summed E-state index contributed by atoms with van der Waals surface area (Å²) in [6.07, 6.45) is 0. The van der Waals surface area contributed by atoms with Gasteiger partial charge in [0.15, 0.2) is 0 Å². The summed E-state index contributed by atoms with van der Waals surface area (Å²) in [6.45, 7) is 0.203. The first-order chi connectivity index (χ1) is 11.2. The number of likely N-dealkylation sites (N-methyl/N-ethyl adjacent to an activating group) is 1. The number of nitrogens with one attached hydrogen (secondary N) is 3. The van der Waals surface area contributed by atoms with E-state index in [-0.39, 0.29) is 30.9 Å². The van der Waals surface area contributed by atoms with Crippen LogP contribution in [0.5, 0.6) is 0 Å². The average Bonchev–Trinajstić information content (AvgIpc) is 2.61. The minimum atomic E-state index is -0.216. The minimum absolute atomic E-state index is 0.0869. The van der Waals surface area contributed by atoms with E-state index >= 15 is 0 Å². The Labute approximate surface area is 136 Å². The molecule has 0 spiro atoms. The molecule has 2 rings (SSSR count). The lowest BCUT2D eigenvalue weighted by Gasteiger charge is -2.20. The molecule has 0 aliphatic heterocycles. The third-order valence-electron chi connectivity index (χ3n) is 3.42. The molecule has 0 bridgehead atoms. The predicted molar refractivity (Wildman–Crippen MR) is 89.8 cm³/mol. The van der Waals surface area contributed by atoms with Crippen molar-refractivity contribution in [3.05, 3.63) is 71.8 Å². The fraction of sp³-hybridized carbons (Fsp3) is 0.222. The number of hydrogen-bond donors (Lipinski definition) is 3. The van der Waals surface area contributed by atoms with E-state index in [9.17, 15) is 9.59 Å². The predicted octanol–water partition coefficient (Wildman–Crippen LogP) is 1.23. The molecule has 0 atom stereocenters. The molecule has 0 radical (unpaired) electrons. The van der Waals surface area contributed by atoms with Gasteiger partial charge in [0.1, 0.15) is 0 Å². The van der Waals surface area contributed by atoms with E-state index in [0.29, 0.717) is 0 Å². The standard InChI is InChI=1S/C18H21N3O2/c1-19-16(22)12-20-13-17(23)21-18(14-8-4-2-5-9-14)15-10-6-3-7-11-15/h2-11,18,20H,12-13H2,1H3,(H,19,22)(H,21,23). The summed E-state index contributed by atoms with van der Waals surface area (Å²) < 4.78 is 0. The third-order valence-corrected chi connectivity index (χ3v) is 3.42. The first kappa shape index (κ1) is 16.7. The molecule has 0 heterocycles. The summed E-state index contributed by atoms with van der Waals surface area (Å²) in [5, 5.41) is 8.33. The normalized spacial score (nSPS) is 10.3. The second-order valence-corrected chi connectivity index (χ2v) is 5.10. The Morgan fingerprint density at radius 1 is 0.826 bits per heavy atom. The van der Waals surface area contributed by atoms with Gasteiger partial charge < -0.3 is 10.6 Å². The van der Waals surface area contributed by atoms with Crippen LogP contribution in [-0.2, 0) is 9.59 Å². The van der Waals surface area contributed by atoms with Crippen LogP contribution in [0.2, 0.25) is 0 Å². The van der Waals surface area contributed by atoms with Gasteiger partial charge in [-0.25, -0.2) is 0 Å². The molecule has 0 saturated carbocycles. The highest BCUT2D eigenvalue weighted by atomic mass is 16.2. The number of carbonyl (C=O) groups excluding carboxylic acids is 2. The van der Waals surface area contributed by atoms with E-state index < -0.39 is 0 Å². The van der Waals surface area contributed by atoms with Crippen LogP contribution in [0.3, 0.4) is 0 Å². The van der Waals surface area contributed by atoms with Crippen LogP contribution < -0.4 is 16.0 Å². The van der Waals surface area contributed by atoms with E-state index in [2.05, 4.69) is 16.0 Å². The zero-order valence-corrected chi connectivity index (χ0v) is 13.1. The molecule has 2 amide bonds. The van der Waals surface area contributed by atoms with Gasteiger partial charge in [-0.05, 0) is 11.1 Å². The van der Waals surface area contributed by atoms with Gasteiger partial charge in [0.2, 0.25) is 11.8 Å². The fourth-order valence-electron chi connectivity index (χ4n) is 2.24. The molecule has 0 unspecified atom stereocenters. The van der Waals surface area contributed by atoms with Crippen LogP contribution >= 0.6 is 0 Å². The first-order valence-electron chi connectivity index (χ1n) is 7.51. The smallest absolute Gasteiger partial charge is 0.234 e. The van der Waals surface area contributed by atoms with Gasteiger partial charge in [-0.2, -0.15) is 0 Å². The van der Waals surface area contributed by atoms with Gasteiger partial charge in [0.05, 0.1) is 19.1 Å². The minimum Gasteiger partial charge on any atom is -0.358 e. The van der Waals surface area contributed by atoms with Gasteiger partial charge in [-0.3, -0.25) is 14.9 Å². The first-order valence-corrected chi connectivity index (χ1v) is 7.51. The van der Waals surface area contributed by atoms with Gasteiger partial charge in [0, 0.05) is 7.05 Å². The molecule has 120 valence electrons. The van der Waals surface area contributed by atoms with Crippen LogP contribution in [0.15, 0.2) is 60.7 Å². The maximum Gasteiger partial charge on any atom is 0.234 e. The Bertz CT molecular complexity index is 590. The van der Waals surface area contributed by atoms with Gasteiger partial charge in [0.25, 0.3) is 0 Å². The molecule has 3 N–H and O–H groups in total. The molecule has 2 aromatic carbocycles. The molecular formula is C18H21N3O2. The lowest BCUT2D eigenvalue weighted by molar-refractivity contribution is -0.121. The molecule has 0 aliphatic rings. The van der Waals surface area contributed by atoms with Crippen molar-refractivity contribution >= 4 is 11.8 Å². The fourth-order valence-corrected chi connectivity index (χ4v) is 2.24. The van der Waals surface area contributed by atoms with E-state index in [0.717, 1.165) is 11.1 Å². The summed E-state index contributed by atoms with van der Waals surface area (Å²) in [6, 6.07) is 19.4. The number of benzene rings is 2. The molecular weight excluding hydrogens is 290 g/mol. The van der Waals surface area contributed by atoms with Gasteiger partial charge >= 0.3 is 0 Å². The van der Waals surface area contributed by atoms with Gasteiger partial charge in [-0.15, -0.1) is 0 Å². The SMILES string of the molecule is CNC(=O)CNCC(=O)NC(c1ccccc1)c1ccccc1. The summed E-state index contributed by atoms with van der Waals surface area (Å²) in [5.41, 5.74) is 2.02. The Balaban J connectivity index is 2.04. The van der Waals surface area contributed by atoms with Crippen molar-refractivity contribution in [1.29, 1.82) is 0 Å². The topological polar surface area (TPSA) is 70.2 Å². The van der Waals surface area contributed by atoms with Crippen LogP contribution in [0.4, 0.5) is 0 Å². The van der Waals surface area contributed by atoms with E-state index in [1.54, 1.807) is 7.05 Å². The van der Waals surface area contributed by atoms with Crippen molar-refractivity contribution in [3.8, 4) is 0 Å². The lowest BCUT2D eigenvalue weighted by atomic mass is 9.99. The Morgan fingerprint density at radius 3 is 1.78 bits per heavy atom. The highest BCUT2D eigenvalue weighted by Crippen LogP contribution is 2.21. The summed E-state index contributed by atoms with van der Waals surface area (Å²) in [5.74, 6) is -0.313. The maximum atomic E-state index is 12.2. The molecule has 2 aromatic rings. The van der Waals surface area contributed by atoms with Crippen LogP contribution in [0.1, 0.15) is 17.2 Å². The van der Waals surface area contributed by atoms with Crippen LogP contribution in [-0.4, -0.2) is 32.0 Å². The van der Waals surface area contributed by atoms with E-state index in [1.165, 1.54) is 0 Å². The van der Waals surface area contributed by atoms with Crippen molar-refractivity contribution < 1.29 is 9.59 Å². The second kappa shape index (κ2) is 8.70. The Kier molecular flexibility index (Phi) is 6.32. The molecule has 23 heavy (non-hydrogen) atoms. The van der Waals surface area contributed by atoms with E-state index in [1.807, 2.05) is 60.7 Å². The molecule has 5 nitrogen and oxygen atoms in total. The monoisotopic (exact) mass is 311 g/mol. The summed E-state index contributed by atoms with van der Waals surface area (Å²) in [7, 11) is 1.56. The Hall–Kier alpha value is -2.66. The lowest BCUT2D eigenvalue weighted by Crippen LogP contribution is -2.40. The van der Waals surface area contributed by atoms with Crippen molar-refractivity contribution in [3.63, 3.8) is 0 Å². The van der Waals surface area contributed by atoms with E-state index in [4.69, 9.17) is 0 Å². The van der Waals surface area contributed by atoms with Crippen LogP contribution in [0.25, 0.3) is 0 Å². The molecule has 0 aliphatic carbocycles. The molecule has 0 fully saturated rings. The molecule has 0 saturated heterocycles. The highest BCUT2D eigenvalue weighted by molar-refractivity contribution is 5.81. The van der Waals surface area contributed by atoms with Crippen molar-refractivity contribution in [2.24, 2.45) is 0 Å². The zero-order valence-electron chi connectivity index (χ0n) is 13.1. The summed E-state index contributed by atoms with van der Waals surface area (Å²) in [4.78, 5) is 23.3. The van der Waals surface area contributed by atoms with Crippen LogP contribution in [0, 0.1) is 0 Å². The highest BCUT2D eigenvalue weighted by Gasteiger charge is 2.16. The van der Waals surface area contributed by atoms with Gasteiger partial charge in [-0.1, -0.05) is 60.7 Å². The molecule has 5 heteroatoms. The quantitative estimate of drug-likeness (QED) is 0.720. The third kappa shape index (κ3) is 5.23. The number of carbonyl (C=O) groups is 2. The van der Waals surface area contributed by atoms with Crippen molar-refractivity contribution in [1.82, 2.24) is 16.0 Å². The largest absolute Gasteiger partial charge is 0.358 e. The summed E-state index contributed by atoms with van der Waals surface area (Å²) >= 11 is 0. The second-order valence-electron chi connectivity index (χ2n) is 5.10. The average molecular weight is 311 g/mol. The molecule has 0 aromatic heterocycles. The van der Waals surface area contributed by atoms with Crippen molar-refractivity contribution in [2.45, 2.75) is 6.04 Å². The maximum absolute atomic E-state index is 12.2. The van der Waals surface area contributed by atoms with Crippen molar-refractivity contribution in [2.75, 3.05) is 20.1 Å². The number of rotatable bonds is 7. The zero-order chi connectivity index (χ0) is 16.5. The Morgan fingerprint density at radius 2 is 1.30 bits per heavy atom. The number of hydrogen-bond acceptors (Lipinski definition) is 3.